The van der Waals surface area contributed by atoms with Crippen LogP contribution in [0.15, 0.2) is 101 Å². The molecule has 200 valence electrons. The molecule has 3 aromatic rings. The molecule has 0 radical (unpaired) electrons. The Hall–Kier alpha value is -4.19. The first kappa shape index (κ1) is 26.4. The summed E-state index contributed by atoms with van der Waals surface area (Å²) in [4.78, 5) is 29.8. The van der Waals surface area contributed by atoms with E-state index in [0.29, 0.717) is 35.4 Å². The summed E-state index contributed by atoms with van der Waals surface area (Å²) in [6.45, 7) is 7.88. The fourth-order valence-electron chi connectivity index (χ4n) is 5.87. The van der Waals surface area contributed by atoms with Crippen LogP contribution in [0.4, 0.5) is 15.8 Å². The van der Waals surface area contributed by atoms with Crippen molar-refractivity contribution >= 4 is 23.1 Å². The minimum absolute atomic E-state index is 0.0407. The molecule has 2 aliphatic rings. The third kappa shape index (κ3) is 5.37. The van der Waals surface area contributed by atoms with Crippen LogP contribution in [0.25, 0.3) is 0 Å². The fraction of sp³-hybridized carbons (Fsp3) is 0.273. The molecule has 0 aromatic heterocycles. The van der Waals surface area contributed by atoms with Crippen LogP contribution in [-0.4, -0.2) is 24.8 Å². The molecule has 3 aromatic carbocycles. The van der Waals surface area contributed by atoms with Crippen LogP contribution in [0.3, 0.4) is 0 Å². The first-order valence-corrected chi connectivity index (χ1v) is 13.6. The van der Waals surface area contributed by atoms with Crippen LogP contribution in [0.5, 0.6) is 0 Å². The van der Waals surface area contributed by atoms with Gasteiger partial charge in [-0.15, -0.1) is 0 Å². The summed E-state index contributed by atoms with van der Waals surface area (Å²) in [7, 11) is 0. The molecule has 0 saturated heterocycles. The van der Waals surface area contributed by atoms with Crippen molar-refractivity contribution in [1.82, 2.24) is 5.32 Å². The summed E-state index contributed by atoms with van der Waals surface area (Å²) < 4.78 is 13.9. The van der Waals surface area contributed by atoms with Crippen LogP contribution >= 0.6 is 0 Å². The number of carbonyl (C=O) groups is 2. The lowest BCUT2D eigenvalue weighted by Crippen LogP contribution is -2.37. The van der Waals surface area contributed by atoms with E-state index in [-0.39, 0.29) is 17.6 Å². The molecule has 1 aliphatic heterocycles. The second kappa shape index (κ2) is 11.3. The molecule has 1 aliphatic carbocycles. The number of amides is 1. The van der Waals surface area contributed by atoms with Crippen molar-refractivity contribution in [2.24, 2.45) is 0 Å². The Morgan fingerprint density at radius 2 is 1.67 bits per heavy atom. The molecule has 6 heteroatoms. The zero-order valence-electron chi connectivity index (χ0n) is 22.6. The molecule has 1 heterocycles. The van der Waals surface area contributed by atoms with E-state index < -0.39 is 11.7 Å². The van der Waals surface area contributed by atoms with Gasteiger partial charge in [0, 0.05) is 59.3 Å². The lowest BCUT2D eigenvalue weighted by atomic mass is 9.71. The Kier molecular flexibility index (Phi) is 7.64. The van der Waals surface area contributed by atoms with Crippen LogP contribution in [0.2, 0.25) is 0 Å². The Morgan fingerprint density at radius 1 is 0.949 bits per heavy atom. The molecule has 5 rings (SSSR count). The van der Waals surface area contributed by atoms with E-state index in [1.807, 2.05) is 37.3 Å². The summed E-state index contributed by atoms with van der Waals surface area (Å²) in [6.07, 6.45) is 1.08. The van der Waals surface area contributed by atoms with Crippen LogP contribution in [0, 0.1) is 5.82 Å². The van der Waals surface area contributed by atoms with Gasteiger partial charge in [0.25, 0.3) is 5.91 Å². The third-order valence-electron chi connectivity index (χ3n) is 7.78. The number of allylic oxidation sites excluding steroid dienone is 3. The second-order valence-electron chi connectivity index (χ2n) is 10.2. The second-order valence-corrected chi connectivity index (χ2v) is 10.2. The van der Waals surface area contributed by atoms with Crippen LogP contribution in [-0.2, 0) is 9.59 Å². The highest BCUT2D eigenvalue weighted by molar-refractivity contribution is 6.10. The largest absolute Gasteiger partial charge is 0.372 e. The first-order valence-electron chi connectivity index (χ1n) is 13.6. The number of halogens is 1. The van der Waals surface area contributed by atoms with Gasteiger partial charge in [-0.1, -0.05) is 48.5 Å². The predicted molar refractivity (Wildman–Crippen MR) is 154 cm³/mol. The minimum atomic E-state index is -0.523. The summed E-state index contributed by atoms with van der Waals surface area (Å²) in [6, 6.07) is 24.1. The SMILES string of the molecule is CCN(CC)c1ccc(C2C(C(=O)Nc3cccc(F)c3)=C(C)NC3=C2C(=O)CC(c2ccccc2)C3)cc1. The maximum atomic E-state index is 13.9. The molecular formula is C33H34FN3O2. The van der Waals surface area contributed by atoms with Crippen molar-refractivity contribution < 1.29 is 14.0 Å². The van der Waals surface area contributed by atoms with Crippen molar-refractivity contribution in [1.29, 1.82) is 0 Å². The summed E-state index contributed by atoms with van der Waals surface area (Å²) in [5, 5.41) is 6.28. The number of nitrogens with zero attached hydrogens (tertiary/aromatic N) is 1. The molecule has 39 heavy (non-hydrogen) atoms. The molecule has 0 saturated carbocycles. The van der Waals surface area contributed by atoms with E-state index in [0.717, 1.165) is 35.6 Å². The number of benzene rings is 3. The molecule has 0 bridgehead atoms. The number of Topliss-reactive ketones (excluding diaryl/α,β-unsaturated/α-hetero) is 1. The maximum Gasteiger partial charge on any atom is 0.254 e. The minimum Gasteiger partial charge on any atom is -0.372 e. The average molecular weight is 524 g/mol. The van der Waals surface area contributed by atoms with Gasteiger partial charge in [-0.05, 0) is 74.6 Å². The van der Waals surface area contributed by atoms with E-state index in [2.05, 4.69) is 53.6 Å². The molecule has 1 amide bonds. The Morgan fingerprint density at radius 3 is 2.33 bits per heavy atom. The number of carbonyl (C=O) groups excluding carboxylic acids is 2. The number of dihydropyridines is 1. The normalized spacial score (nSPS) is 18.9. The van der Waals surface area contributed by atoms with E-state index in [4.69, 9.17) is 0 Å². The topological polar surface area (TPSA) is 61.4 Å². The number of ketones is 1. The van der Waals surface area contributed by atoms with E-state index in [9.17, 15) is 14.0 Å². The lowest BCUT2D eigenvalue weighted by molar-refractivity contribution is -0.116. The van der Waals surface area contributed by atoms with Crippen LogP contribution in [0.1, 0.15) is 56.6 Å². The Bertz CT molecular complexity index is 1440. The highest BCUT2D eigenvalue weighted by Gasteiger charge is 2.41. The van der Waals surface area contributed by atoms with Gasteiger partial charge in [-0.2, -0.15) is 0 Å². The molecule has 2 unspecified atom stereocenters. The van der Waals surface area contributed by atoms with Crippen molar-refractivity contribution in [2.75, 3.05) is 23.3 Å². The highest BCUT2D eigenvalue weighted by atomic mass is 19.1. The van der Waals surface area contributed by atoms with Gasteiger partial charge in [0.15, 0.2) is 5.78 Å². The highest BCUT2D eigenvalue weighted by Crippen LogP contribution is 2.46. The maximum absolute atomic E-state index is 13.9. The van der Waals surface area contributed by atoms with Gasteiger partial charge in [-0.25, -0.2) is 4.39 Å². The fourth-order valence-corrected chi connectivity index (χ4v) is 5.87. The van der Waals surface area contributed by atoms with E-state index in [1.54, 1.807) is 12.1 Å². The van der Waals surface area contributed by atoms with Gasteiger partial charge in [0.2, 0.25) is 0 Å². The molecule has 5 nitrogen and oxygen atoms in total. The average Bonchev–Trinajstić information content (AvgIpc) is 2.93. The van der Waals surface area contributed by atoms with Crippen LogP contribution < -0.4 is 15.5 Å². The van der Waals surface area contributed by atoms with Gasteiger partial charge in [0.1, 0.15) is 5.82 Å². The quantitative estimate of drug-likeness (QED) is 0.363. The smallest absolute Gasteiger partial charge is 0.254 e. The standard InChI is InChI=1S/C33H34FN3O2/c1-4-37(5-2)27-16-14-23(15-17-27)31-30(33(39)36-26-13-9-12-25(34)20-26)21(3)35-28-18-24(19-29(38)32(28)31)22-10-7-6-8-11-22/h6-17,20,24,31,35H,4-5,18-19H2,1-3H3,(H,36,39). The van der Waals surface area contributed by atoms with E-state index in [1.165, 1.54) is 12.1 Å². The van der Waals surface area contributed by atoms with Gasteiger partial charge in [-0.3, -0.25) is 9.59 Å². The predicted octanol–water partition coefficient (Wildman–Crippen LogP) is 6.67. The summed E-state index contributed by atoms with van der Waals surface area (Å²) >= 11 is 0. The Balaban J connectivity index is 1.56. The van der Waals surface area contributed by atoms with Crippen molar-refractivity contribution in [3.63, 3.8) is 0 Å². The number of hydrogen-bond acceptors (Lipinski definition) is 4. The number of anilines is 2. The third-order valence-corrected chi connectivity index (χ3v) is 7.78. The van der Waals surface area contributed by atoms with E-state index >= 15 is 0 Å². The van der Waals surface area contributed by atoms with Gasteiger partial charge >= 0.3 is 0 Å². The number of nitrogens with one attached hydrogen (secondary N) is 2. The van der Waals surface area contributed by atoms with Gasteiger partial charge in [0.05, 0.1) is 0 Å². The van der Waals surface area contributed by atoms with Crippen molar-refractivity contribution in [3.05, 3.63) is 118 Å². The monoisotopic (exact) mass is 523 g/mol. The lowest BCUT2D eigenvalue weighted by Gasteiger charge is -2.37. The summed E-state index contributed by atoms with van der Waals surface area (Å²) in [5.74, 6) is -1.19. The molecule has 0 fully saturated rings. The number of rotatable bonds is 7. The molecule has 2 atom stereocenters. The summed E-state index contributed by atoms with van der Waals surface area (Å²) in [5.41, 5.74) is 6.17. The first-order chi connectivity index (χ1) is 18.9. The zero-order valence-corrected chi connectivity index (χ0v) is 22.6. The molecular weight excluding hydrogens is 489 g/mol. The van der Waals surface area contributed by atoms with Gasteiger partial charge < -0.3 is 15.5 Å². The van der Waals surface area contributed by atoms with Crippen molar-refractivity contribution in [2.45, 2.75) is 45.4 Å². The molecule has 2 N–H and O–H groups in total. The molecule has 0 spiro atoms. The zero-order chi connectivity index (χ0) is 27.5. The number of hydrogen-bond donors (Lipinski definition) is 2. The van der Waals surface area contributed by atoms with Crippen molar-refractivity contribution in [3.8, 4) is 0 Å². The Labute approximate surface area is 229 Å².